The molecule has 0 amide bonds. The molecule has 0 aliphatic carbocycles. The van der Waals surface area contributed by atoms with Gasteiger partial charge in [0, 0.05) is 34.1 Å². The van der Waals surface area contributed by atoms with E-state index >= 15 is 0 Å². The van der Waals surface area contributed by atoms with Crippen LogP contribution in [0.1, 0.15) is 11.4 Å². The predicted octanol–water partition coefficient (Wildman–Crippen LogP) is 3.97. The number of imidazole rings is 1. The minimum absolute atomic E-state index is 0.371. The van der Waals surface area contributed by atoms with Crippen LogP contribution in [0.5, 0.6) is 0 Å². The highest BCUT2D eigenvalue weighted by Crippen LogP contribution is 2.28. The summed E-state index contributed by atoms with van der Waals surface area (Å²) in [6.07, 6.45) is 7.22. The van der Waals surface area contributed by atoms with Crippen LogP contribution >= 0.6 is 22.9 Å². The highest BCUT2D eigenvalue weighted by Gasteiger charge is 2.12. The molecule has 0 radical (unpaired) electrons. The van der Waals surface area contributed by atoms with Crippen LogP contribution in [0.2, 0.25) is 5.02 Å². The molecule has 4 aromatic rings. The zero-order chi connectivity index (χ0) is 16.5. The van der Waals surface area contributed by atoms with Crippen LogP contribution in [0.3, 0.4) is 0 Å². The van der Waals surface area contributed by atoms with Crippen molar-refractivity contribution in [2.24, 2.45) is 0 Å². The highest BCUT2D eigenvalue weighted by atomic mass is 35.5. The lowest BCUT2D eigenvalue weighted by atomic mass is 10.1. The van der Waals surface area contributed by atoms with Gasteiger partial charge in [-0.05, 0) is 30.4 Å². The van der Waals surface area contributed by atoms with Gasteiger partial charge in [-0.15, -0.1) is 11.3 Å². The number of fused-ring (bicyclic) bond motifs is 1. The molecule has 0 bridgehead atoms. The van der Waals surface area contributed by atoms with E-state index in [4.69, 9.17) is 16.6 Å². The van der Waals surface area contributed by atoms with Crippen LogP contribution in [-0.4, -0.2) is 19.4 Å². The van der Waals surface area contributed by atoms with Crippen LogP contribution in [0.25, 0.3) is 28.4 Å². The van der Waals surface area contributed by atoms with E-state index in [0.717, 1.165) is 21.9 Å². The fraction of sp³-hybridized carbons (Fsp3) is 0. The molecule has 1 N–H and O–H groups in total. The van der Waals surface area contributed by atoms with Gasteiger partial charge in [0.15, 0.2) is 4.96 Å². The van der Waals surface area contributed by atoms with Crippen molar-refractivity contribution in [2.45, 2.75) is 0 Å². The first-order valence-corrected chi connectivity index (χ1v) is 8.41. The number of rotatable bonds is 3. The van der Waals surface area contributed by atoms with E-state index in [0.29, 0.717) is 10.7 Å². The average Bonchev–Trinajstić information content (AvgIpc) is 3.15. The monoisotopic (exact) mass is 354 g/mol. The van der Waals surface area contributed by atoms with E-state index < -0.39 is 0 Å². The van der Waals surface area contributed by atoms with Gasteiger partial charge in [-0.3, -0.25) is 4.40 Å². The third-order valence-electron chi connectivity index (χ3n) is 3.53. The van der Waals surface area contributed by atoms with E-state index in [1.807, 2.05) is 52.4 Å². The van der Waals surface area contributed by atoms with E-state index in [2.05, 4.69) is 9.97 Å². The molecule has 0 spiro atoms. The first kappa shape index (κ1) is 14.9. The van der Waals surface area contributed by atoms with E-state index in [9.17, 15) is 4.79 Å². The Bertz CT molecular complexity index is 1090. The Morgan fingerprint density at radius 1 is 1.17 bits per heavy atom. The summed E-state index contributed by atoms with van der Waals surface area (Å²) in [6.45, 7) is 0. The maximum atomic E-state index is 11.3. The second-order valence-corrected chi connectivity index (χ2v) is 6.38. The number of hydrogen-bond donors (Lipinski definition) is 1. The van der Waals surface area contributed by atoms with Gasteiger partial charge < -0.3 is 4.98 Å². The number of nitrogens with zero attached hydrogens (tertiary/aromatic N) is 3. The largest absolute Gasteiger partial charge is 0.345 e. The van der Waals surface area contributed by atoms with E-state index in [1.54, 1.807) is 17.4 Å². The number of hydrogen-bond acceptors (Lipinski definition) is 4. The average molecular weight is 355 g/mol. The van der Waals surface area contributed by atoms with Crippen LogP contribution in [0, 0.1) is 0 Å². The Morgan fingerprint density at radius 3 is 2.79 bits per heavy atom. The van der Waals surface area contributed by atoms with Crippen molar-refractivity contribution in [2.75, 3.05) is 0 Å². The van der Waals surface area contributed by atoms with Crippen molar-refractivity contribution in [1.29, 1.82) is 0 Å². The Balaban J connectivity index is 1.84. The molecule has 5 nitrogen and oxygen atoms in total. The molecule has 0 aliphatic heterocycles. The molecule has 4 rings (SSSR count). The zero-order valence-corrected chi connectivity index (χ0v) is 13.9. The number of aromatic amines is 1. The minimum Gasteiger partial charge on any atom is -0.306 e. The first-order chi connectivity index (χ1) is 11.7. The van der Waals surface area contributed by atoms with Crippen molar-refractivity contribution < 1.29 is 0 Å². The Hall–Kier alpha value is -2.70. The van der Waals surface area contributed by atoms with Crippen molar-refractivity contribution in [1.82, 2.24) is 19.4 Å². The van der Waals surface area contributed by atoms with Gasteiger partial charge in [0.25, 0.3) is 0 Å². The molecule has 0 unspecified atom stereocenters. The summed E-state index contributed by atoms with van der Waals surface area (Å²) in [5.41, 5.74) is 3.10. The summed E-state index contributed by atoms with van der Waals surface area (Å²) in [5, 5.41) is 2.67. The van der Waals surface area contributed by atoms with Gasteiger partial charge in [-0.25, -0.2) is 14.8 Å². The number of nitrogens with one attached hydrogen (secondary N) is 1. The van der Waals surface area contributed by atoms with Crippen molar-refractivity contribution in [3.05, 3.63) is 75.0 Å². The molecular formula is C17H11ClN4OS. The van der Waals surface area contributed by atoms with Gasteiger partial charge in [0.2, 0.25) is 0 Å². The fourth-order valence-electron chi connectivity index (χ4n) is 2.43. The Labute approximate surface area is 145 Å². The summed E-state index contributed by atoms with van der Waals surface area (Å²) in [7, 11) is 0. The zero-order valence-electron chi connectivity index (χ0n) is 12.3. The second-order valence-electron chi connectivity index (χ2n) is 5.07. The van der Waals surface area contributed by atoms with Gasteiger partial charge in [0.05, 0.1) is 11.4 Å². The SMILES string of the molecule is O=c1nccc(/C=C/c2c(-c3ccc(Cl)cc3)nc3sccn23)[nH]1. The van der Waals surface area contributed by atoms with Gasteiger partial charge in [0.1, 0.15) is 0 Å². The number of thiazole rings is 1. The molecule has 3 aromatic heterocycles. The molecule has 0 fully saturated rings. The lowest BCUT2D eigenvalue weighted by Crippen LogP contribution is -2.09. The fourth-order valence-corrected chi connectivity index (χ4v) is 3.28. The number of benzene rings is 1. The number of H-pyrrole nitrogens is 1. The third kappa shape index (κ3) is 2.77. The smallest absolute Gasteiger partial charge is 0.306 e. The summed E-state index contributed by atoms with van der Waals surface area (Å²) < 4.78 is 2.02. The lowest BCUT2D eigenvalue weighted by molar-refractivity contribution is 1.06. The molecule has 7 heteroatoms. The summed E-state index contributed by atoms with van der Waals surface area (Å²) in [4.78, 5) is 23.2. The van der Waals surface area contributed by atoms with Crippen LogP contribution in [0.15, 0.2) is 52.9 Å². The summed E-state index contributed by atoms with van der Waals surface area (Å²) in [6, 6.07) is 9.32. The molecule has 24 heavy (non-hydrogen) atoms. The molecule has 3 heterocycles. The van der Waals surface area contributed by atoms with Crippen molar-refractivity contribution in [3.63, 3.8) is 0 Å². The summed E-state index contributed by atoms with van der Waals surface area (Å²) in [5.74, 6) is 0. The van der Waals surface area contributed by atoms with Gasteiger partial charge in [-0.2, -0.15) is 0 Å². The molecule has 0 atom stereocenters. The third-order valence-corrected chi connectivity index (χ3v) is 4.54. The van der Waals surface area contributed by atoms with Crippen LogP contribution < -0.4 is 5.69 Å². The Kier molecular flexibility index (Phi) is 3.76. The normalized spacial score (nSPS) is 11.5. The molecule has 0 aliphatic rings. The van der Waals surface area contributed by atoms with Gasteiger partial charge in [-0.1, -0.05) is 23.7 Å². The minimum atomic E-state index is -0.371. The lowest BCUT2D eigenvalue weighted by Gasteiger charge is -2.01. The second kappa shape index (κ2) is 6.07. The molecule has 0 saturated carbocycles. The van der Waals surface area contributed by atoms with Crippen molar-refractivity contribution >= 4 is 40.1 Å². The molecule has 1 aromatic carbocycles. The predicted molar refractivity (Wildman–Crippen MR) is 97.3 cm³/mol. The van der Waals surface area contributed by atoms with E-state index in [1.165, 1.54) is 6.20 Å². The number of aromatic nitrogens is 4. The van der Waals surface area contributed by atoms with Crippen molar-refractivity contribution in [3.8, 4) is 11.3 Å². The number of halogens is 1. The van der Waals surface area contributed by atoms with E-state index in [-0.39, 0.29) is 5.69 Å². The van der Waals surface area contributed by atoms with Crippen LogP contribution in [0.4, 0.5) is 0 Å². The van der Waals surface area contributed by atoms with Gasteiger partial charge >= 0.3 is 5.69 Å². The van der Waals surface area contributed by atoms with Crippen LogP contribution in [-0.2, 0) is 0 Å². The summed E-state index contributed by atoms with van der Waals surface area (Å²) >= 11 is 7.54. The maximum absolute atomic E-state index is 11.3. The Morgan fingerprint density at radius 2 is 2.00 bits per heavy atom. The first-order valence-electron chi connectivity index (χ1n) is 7.15. The molecule has 118 valence electrons. The maximum Gasteiger partial charge on any atom is 0.345 e. The molecular weight excluding hydrogens is 344 g/mol. The standard InChI is InChI=1S/C17H11ClN4OS/c18-12-3-1-11(2-4-12)15-14(22-9-10-24-17(22)21-15)6-5-13-7-8-19-16(23)20-13/h1-10H,(H,19,20,23)/b6-5+. The topological polar surface area (TPSA) is 63.1 Å². The highest BCUT2D eigenvalue weighted by molar-refractivity contribution is 7.15. The molecule has 0 saturated heterocycles. The quantitative estimate of drug-likeness (QED) is 0.605.